The summed E-state index contributed by atoms with van der Waals surface area (Å²) in [5, 5.41) is 2.12. The van der Waals surface area contributed by atoms with Gasteiger partial charge in [0, 0.05) is 0 Å². The molecule has 124 valence electrons. The lowest BCUT2D eigenvalue weighted by Gasteiger charge is -2.20. The highest BCUT2D eigenvalue weighted by Gasteiger charge is 2.48. The first kappa shape index (κ1) is 18.1. The highest BCUT2D eigenvalue weighted by atomic mass is 32.2. The molecule has 0 unspecified atom stereocenters. The van der Waals surface area contributed by atoms with Crippen molar-refractivity contribution >= 4 is 21.9 Å². The minimum atomic E-state index is -5.84. The molecule has 1 rings (SSSR count). The Hall–Kier alpha value is -1.97. The number of amides is 1. The van der Waals surface area contributed by atoms with E-state index < -0.39 is 33.1 Å². The number of benzene rings is 1. The van der Waals surface area contributed by atoms with Crippen LogP contribution in [-0.4, -0.2) is 25.6 Å². The third-order valence-electron chi connectivity index (χ3n) is 2.01. The number of rotatable bonds is 3. The number of hydrogen-bond acceptors (Lipinski definition) is 5. The van der Waals surface area contributed by atoms with Crippen molar-refractivity contribution in [3.05, 3.63) is 24.3 Å². The summed E-state index contributed by atoms with van der Waals surface area (Å²) in [6.45, 7) is 4.76. The molecule has 0 heterocycles. The number of alkyl halides is 3. The molecule has 0 saturated heterocycles. The van der Waals surface area contributed by atoms with Gasteiger partial charge in [0.25, 0.3) is 0 Å². The first-order chi connectivity index (χ1) is 9.82. The Morgan fingerprint density at radius 3 is 2.18 bits per heavy atom. The Labute approximate surface area is 125 Å². The van der Waals surface area contributed by atoms with Crippen LogP contribution >= 0.6 is 0 Å². The van der Waals surface area contributed by atoms with Crippen molar-refractivity contribution in [2.75, 3.05) is 5.32 Å². The number of anilines is 1. The van der Waals surface area contributed by atoms with Crippen LogP contribution in [0.25, 0.3) is 0 Å². The predicted molar refractivity (Wildman–Crippen MR) is 71.9 cm³/mol. The molecule has 1 amide bonds. The third kappa shape index (κ3) is 5.10. The van der Waals surface area contributed by atoms with Gasteiger partial charge < -0.3 is 8.92 Å². The smallest absolute Gasteiger partial charge is 0.444 e. The summed E-state index contributed by atoms with van der Waals surface area (Å²) in [7, 11) is -5.84. The summed E-state index contributed by atoms with van der Waals surface area (Å²) in [6, 6.07) is 4.77. The van der Waals surface area contributed by atoms with Gasteiger partial charge in [-0.1, -0.05) is 12.1 Å². The predicted octanol–water partition coefficient (Wildman–Crippen LogP) is 3.26. The number of nitrogens with one attached hydrogen (secondary N) is 1. The van der Waals surface area contributed by atoms with Crippen LogP contribution in [0.15, 0.2) is 24.3 Å². The van der Waals surface area contributed by atoms with Gasteiger partial charge in [0.15, 0.2) is 5.75 Å². The third-order valence-corrected chi connectivity index (χ3v) is 2.97. The molecule has 0 aliphatic carbocycles. The molecule has 22 heavy (non-hydrogen) atoms. The molecule has 0 aliphatic heterocycles. The van der Waals surface area contributed by atoms with Gasteiger partial charge in [-0.2, -0.15) is 21.6 Å². The van der Waals surface area contributed by atoms with Crippen LogP contribution in [0.3, 0.4) is 0 Å². The Kier molecular flexibility index (Phi) is 4.96. The van der Waals surface area contributed by atoms with Gasteiger partial charge in [-0.25, -0.2) is 4.79 Å². The van der Waals surface area contributed by atoms with Gasteiger partial charge in [0.05, 0.1) is 5.69 Å². The van der Waals surface area contributed by atoms with Crippen LogP contribution in [0.1, 0.15) is 20.8 Å². The van der Waals surface area contributed by atoms with Crippen LogP contribution < -0.4 is 9.50 Å². The lowest BCUT2D eigenvalue weighted by Crippen LogP contribution is -2.29. The van der Waals surface area contributed by atoms with Crippen molar-refractivity contribution in [1.29, 1.82) is 0 Å². The van der Waals surface area contributed by atoms with Crippen LogP contribution in [0, 0.1) is 0 Å². The first-order valence-corrected chi connectivity index (χ1v) is 7.32. The second-order valence-electron chi connectivity index (χ2n) is 5.11. The van der Waals surface area contributed by atoms with Crippen LogP contribution in [0.2, 0.25) is 0 Å². The molecule has 6 nitrogen and oxygen atoms in total. The monoisotopic (exact) mass is 341 g/mol. The Morgan fingerprint density at radius 2 is 1.68 bits per heavy atom. The van der Waals surface area contributed by atoms with Gasteiger partial charge in [-0.3, -0.25) is 5.32 Å². The number of ether oxygens (including phenoxy) is 1. The van der Waals surface area contributed by atoms with Crippen molar-refractivity contribution < 1.29 is 35.3 Å². The van der Waals surface area contributed by atoms with Gasteiger partial charge in [-0.05, 0) is 32.9 Å². The molecular formula is C12H14F3NO5S. The molecule has 0 saturated carbocycles. The van der Waals surface area contributed by atoms with E-state index >= 15 is 0 Å². The SMILES string of the molecule is CC(C)(C)OC(=O)Nc1ccccc1OS(=O)(=O)C(F)(F)F. The van der Waals surface area contributed by atoms with E-state index in [4.69, 9.17) is 4.74 Å². The van der Waals surface area contributed by atoms with E-state index in [-0.39, 0.29) is 5.69 Å². The van der Waals surface area contributed by atoms with Gasteiger partial charge in [0.2, 0.25) is 0 Å². The quantitative estimate of drug-likeness (QED) is 0.674. The number of carbonyl (C=O) groups excluding carboxylic acids is 1. The second kappa shape index (κ2) is 6.03. The molecular weight excluding hydrogens is 327 g/mol. The number of para-hydroxylation sites is 2. The summed E-state index contributed by atoms with van der Waals surface area (Å²) in [6.07, 6.45) is -0.965. The molecule has 0 radical (unpaired) electrons. The van der Waals surface area contributed by atoms with E-state index in [0.717, 1.165) is 6.07 Å². The summed E-state index contributed by atoms with van der Waals surface area (Å²) in [4.78, 5) is 11.6. The molecule has 0 spiro atoms. The zero-order chi connectivity index (χ0) is 17.2. The molecule has 0 bridgehead atoms. The maximum Gasteiger partial charge on any atom is 0.534 e. The Morgan fingerprint density at radius 1 is 1.14 bits per heavy atom. The van der Waals surface area contributed by atoms with Crippen molar-refractivity contribution in [3.63, 3.8) is 0 Å². The summed E-state index contributed by atoms with van der Waals surface area (Å²) in [5.41, 5.74) is -6.69. The molecule has 0 aromatic heterocycles. The zero-order valence-corrected chi connectivity index (χ0v) is 12.7. The van der Waals surface area contributed by atoms with Gasteiger partial charge in [0.1, 0.15) is 5.60 Å². The minimum absolute atomic E-state index is 0.274. The fourth-order valence-electron chi connectivity index (χ4n) is 1.22. The lowest BCUT2D eigenvalue weighted by atomic mass is 10.2. The standard InChI is InChI=1S/C12H14F3NO5S/c1-11(2,3)20-10(17)16-8-6-4-5-7-9(8)21-22(18,19)12(13,14)15/h4-7H,1-3H3,(H,16,17). The topological polar surface area (TPSA) is 81.7 Å². The molecule has 10 heteroatoms. The molecule has 0 aliphatic rings. The van der Waals surface area contributed by atoms with Gasteiger partial charge in [-0.15, -0.1) is 0 Å². The fourth-order valence-corrected chi connectivity index (χ4v) is 1.70. The number of hydrogen-bond donors (Lipinski definition) is 1. The summed E-state index contributed by atoms with van der Waals surface area (Å²) in [5.74, 6) is -0.675. The molecule has 1 N–H and O–H groups in total. The van der Waals surface area contributed by atoms with Crippen LogP contribution in [-0.2, 0) is 14.9 Å². The summed E-state index contributed by atoms with van der Waals surface area (Å²) < 4.78 is 67.8. The molecule has 0 fully saturated rings. The highest BCUT2D eigenvalue weighted by molar-refractivity contribution is 7.88. The lowest BCUT2D eigenvalue weighted by molar-refractivity contribution is -0.0499. The maximum atomic E-state index is 12.3. The second-order valence-corrected chi connectivity index (χ2v) is 6.64. The van der Waals surface area contributed by atoms with Crippen LogP contribution in [0.5, 0.6) is 5.75 Å². The molecule has 1 aromatic carbocycles. The van der Waals surface area contributed by atoms with E-state index in [0.29, 0.717) is 0 Å². The number of carbonyl (C=O) groups is 1. The minimum Gasteiger partial charge on any atom is -0.444 e. The fraction of sp³-hybridized carbons (Fsp3) is 0.417. The Bertz CT molecular complexity index is 649. The first-order valence-electron chi connectivity index (χ1n) is 5.91. The average Bonchev–Trinajstić information content (AvgIpc) is 2.27. The van der Waals surface area contributed by atoms with E-state index in [1.54, 1.807) is 20.8 Å². The van der Waals surface area contributed by atoms with E-state index in [2.05, 4.69) is 9.50 Å². The largest absolute Gasteiger partial charge is 0.534 e. The maximum absolute atomic E-state index is 12.3. The van der Waals surface area contributed by atoms with Crippen LogP contribution in [0.4, 0.5) is 23.7 Å². The normalized spacial score (nSPS) is 12.6. The zero-order valence-electron chi connectivity index (χ0n) is 11.9. The highest BCUT2D eigenvalue weighted by Crippen LogP contribution is 2.31. The van der Waals surface area contributed by atoms with E-state index in [1.807, 2.05) is 0 Å². The molecule has 1 aromatic rings. The summed E-state index contributed by atoms with van der Waals surface area (Å²) >= 11 is 0. The number of halogens is 3. The van der Waals surface area contributed by atoms with E-state index in [9.17, 15) is 26.4 Å². The van der Waals surface area contributed by atoms with Crippen molar-refractivity contribution in [3.8, 4) is 5.75 Å². The average molecular weight is 341 g/mol. The van der Waals surface area contributed by atoms with Gasteiger partial charge >= 0.3 is 21.7 Å². The Balaban J connectivity index is 2.99. The van der Waals surface area contributed by atoms with Crippen molar-refractivity contribution in [1.82, 2.24) is 0 Å². The van der Waals surface area contributed by atoms with E-state index in [1.165, 1.54) is 18.2 Å². The van der Waals surface area contributed by atoms with Crippen molar-refractivity contribution in [2.24, 2.45) is 0 Å². The van der Waals surface area contributed by atoms with Crippen molar-refractivity contribution in [2.45, 2.75) is 31.9 Å². The molecule has 0 atom stereocenters.